The molecule has 2 fully saturated rings. The summed E-state index contributed by atoms with van der Waals surface area (Å²) in [6.45, 7) is 9.97. The maximum atomic E-state index is 14.2. The summed E-state index contributed by atoms with van der Waals surface area (Å²) in [5, 5.41) is 16.7. The molecule has 8 atom stereocenters. The Bertz CT molecular complexity index is 2570. The number of nitrogens with one attached hydrogen (secondary N) is 4. The topological polar surface area (TPSA) is 213 Å². The van der Waals surface area contributed by atoms with E-state index in [1.54, 1.807) is 25.3 Å². The maximum absolute atomic E-state index is 14.2. The lowest BCUT2D eigenvalue weighted by Crippen LogP contribution is -2.51. The second kappa shape index (κ2) is 19.1. The number of hydrogen-bond acceptors (Lipinski definition) is 10. The Kier molecular flexibility index (Phi) is 13.3. The molecule has 5 N–H and O–H groups in total. The molecule has 0 spiro atoms. The fourth-order valence-corrected chi connectivity index (χ4v) is 9.89. The first-order valence-corrected chi connectivity index (χ1v) is 22.6. The highest BCUT2D eigenvalue weighted by molar-refractivity contribution is 6.07. The van der Waals surface area contributed by atoms with Gasteiger partial charge in [0.25, 0.3) is 0 Å². The number of nitrogens with zero attached hydrogens (tertiary/aromatic N) is 4. The average molecular weight is 893 g/mol. The normalized spacial score (nSPS) is 21.0. The highest BCUT2D eigenvalue weighted by Crippen LogP contribution is 2.44. The van der Waals surface area contributed by atoms with Crippen molar-refractivity contribution in [3.05, 3.63) is 65.9 Å². The van der Waals surface area contributed by atoms with E-state index < -0.39 is 24.3 Å². The first-order chi connectivity index (χ1) is 31.3. The number of benzene rings is 3. The molecule has 65 heavy (non-hydrogen) atoms. The van der Waals surface area contributed by atoms with Crippen molar-refractivity contribution in [2.75, 3.05) is 47.6 Å². The van der Waals surface area contributed by atoms with Gasteiger partial charge in [-0.05, 0) is 71.0 Å². The number of fused-ring (bicyclic) bond motifs is 6. The second-order valence-electron chi connectivity index (χ2n) is 17.9. The van der Waals surface area contributed by atoms with E-state index in [9.17, 15) is 24.3 Å². The van der Waals surface area contributed by atoms with E-state index >= 15 is 0 Å². The Hall–Kier alpha value is -6.20. The molecule has 0 saturated carbocycles. The van der Waals surface area contributed by atoms with Gasteiger partial charge in [-0.2, -0.15) is 0 Å². The average Bonchev–Trinajstić information content (AvgIpc) is 4.14. The molecule has 17 heteroatoms. The van der Waals surface area contributed by atoms with E-state index in [4.69, 9.17) is 28.9 Å². The molecule has 8 rings (SSSR count). The molecule has 3 aromatic carbocycles. The Balaban J connectivity index is 1.06. The van der Waals surface area contributed by atoms with Crippen molar-refractivity contribution < 1.29 is 43.2 Å². The number of alkyl carbamates (subject to hydrolysis) is 1. The molecule has 5 heterocycles. The van der Waals surface area contributed by atoms with E-state index in [1.165, 1.54) is 7.11 Å². The lowest BCUT2D eigenvalue weighted by Gasteiger charge is -2.30. The molecule has 4 amide bonds. The predicted octanol–water partition coefficient (Wildman–Crippen LogP) is 7.19. The van der Waals surface area contributed by atoms with Crippen LogP contribution in [0.5, 0.6) is 5.75 Å². The van der Waals surface area contributed by atoms with Crippen molar-refractivity contribution in [2.45, 2.75) is 84.2 Å². The second-order valence-corrected chi connectivity index (χ2v) is 17.9. The third kappa shape index (κ3) is 8.95. The number of carboxylic acid groups (broad SMARTS) is 1. The minimum atomic E-state index is -1.23. The van der Waals surface area contributed by atoms with E-state index in [2.05, 4.69) is 50.9 Å². The third-order valence-electron chi connectivity index (χ3n) is 13.7. The van der Waals surface area contributed by atoms with Gasteiger partial charge in [0, 0.05) is 50.1 Å². The van der Waals surface area contributed by atoms with Gasteiger partial charge in [0.2, 0.25) is 11.8 Å². The zero-order valence-electron chi connectivity index (χ0n) is 38.1. The Labute approximate surface area is 377 Å². The van der Waals surface area contributed by atoms with Crippen LogP contribution in [0.15, 0.2) is 48.7 Å². The number of imidazole rings is 2. The van der Waals surface area contributed by atoms with Crippen molar-refractivity contribution in [1.29, 1.82) is 0 Å². The van der Waals surface area contributed by atoms with Crippen LogP contribution >= 0.6 is 0 Å². The maximum Gasteiger partial charge on any atom is 0.407 e. The van der Waals surface area contributed by atoms with Gasteiger partial charge < -0.3 is 54.5 Å². The molecule has 4 unspecified atom stereocenters. The van der Waals surface area contributed by atoms with Gasteiger partial charge in [-0.3, -0.25) is 9.59 Å². The first kappa shape index (κ1) is 45.4. The number of amides is 4. The zero-order valence-corrected chi connectivity index (χ0v) is 38.1. The van der Waals surface area contributed by atoms with Crippen LogP contribution in [-0.2, 0) is 30.4 Å². The molecular weight excluding hydrogens is 833 g/mol. The fourth-order valence-electron chi connectivity index (χ4n) is 9.89. The lowest BCUT2D eigenvalue weighted by atomic mass is 9.92. The molecule has 3 aliphatic heterocycles. The van der Waals surface area contributed by atoms with Crippen molar-refractivity contribution in [3.8, 4) is 28.1 Å². The molecule has 346 valence electrons. The van der Waals surface area contributed by atoms with Gasteiger partial charge in [-0.15, -0.1) is 0 Å². The third-order valence-corrected chi connectivity index (χ3v) is 13.7. The standard InChI is InChI=1S/C48H60N8O9/c1-8-25(3)40(53-47(59)60)45(57)55-20-27(22-62-5)14-37(55)43-49-19-36(51-43)30-10-12-32-31(16-30)24-65-39-18-33-29(17-34(32)39)11-13-35-42(33)52-44(50-35)38-15-28(23-63-6)21-56(38)46(58)41(26(4)9-2)54-48(61)64-7/h10-13,16-19,25-28,37-38,40-41,53H,8-9,14-15,20-24H2,1-7H3,(H,49,51)(H,50,52)(H,54,61)(H,59,60)/t25?,26?,27-,28-,37-,38-,40?,41?/m0/s1. The zero-order chi connectivity index (χ0) is 46.1. The monoisotopic (exact) mass is 892 g/mol. The van der Waals surface area contributed by atoms with E-state index in [0.717, 1.165) is 55.5 Å². The summed E-state index contributed by atoms with van der Waals surface area (Å²) in [6.07, 6.45) is 2.51. The predicted molar refractivity (Wildman–Crippen MR) is 243 cm³/mol. The number of methoxy groups -OCH3 is 3. The van der Waals surface area contributed by atoms with Gasteiger partial charge in [-0.25, -0.2) is 19.6 Å². The number of aromatic nitrogens is 4. The smallest absolute Gasteiger partial charge is 0.407 e. The molecule has 0 aliphatic carbocycles. The highest BCUT2D eigenvalue weighted by Gasteiger charge is 2.43. The first-order valence-electron chi connectivity index (χ1n) is 22.6. The molecule has 2 saturated heterocycles. The number of aromatic amines is 2. The van der Waals surface area contributed by atoms with Crippen LogP contribution in [0.4, 0.5) is 9.59 Å². The van der Waals surface area contributed by atoms with E-state index in [1.807, 2.05) is 44.7 Å². The number of carbonyl (C=O) groups is 4. The number of ether oxygens (including phenoxy) is 4. The summed E-state index contributed by atoms with van der Waals surface area (Å²) >= 11 is 0. The van der Waals surface area contributed by atoms with Crippen LogP contribution in [0.3, 0.4) is 0 Å². The molecule has 2 aromatic heterocycles. The number of H-pyrrole nitrogens is 2. The Morgan fingerprint density at radius 1 is 0.831 bits per heavy atom. The van der Waals surface area contributed by atoms with Gasteiger partial charge in [0.1, 0.15) is 36.1 Å². The molecule has 17 nitrogen and oxygen atoms in total. The number of rotatable bonds is 15. The number of hydrogen-bond donors (Lipinski definition) is 5. The van der Waals surface area contributed by atoms with E-state index in [-0.39, 0.29) is 47.6 Å². The largest absolute Gasteiger partial charge is 0.488 e. The van der Waals surface area contributed by atoms with Crippen molar-refractivity contribution in [2.24, 2.45) is 23.7 Å². The summed E-state index contributed by atoms with van der Waals surface area (Å²) in [6, 6.07) is 12.2. The molecule has 0 bridgehead atoms. The summed E-state index contributed by atoms with van der Waals surface area (Å²) < 4.78 is 22.3. The van der Waals surface area contributed by atoms with Gasteiger partial charge in [-0.1, -0.05) is 58.7 Å². The van der Waals surface area contributed by atoms with Crippen LogP contribution in [0.1, 0.15) is 82.7 Å². The molecule has 0 radical (unpaired) electrons. The number of carbonyl (C=O) groups excluding carboxylic acids is 3. The van der Waals surface area contributed by atoms with Crippen LogP contribution in [0.2, 0.25) is 0 Å². The Morgan fingerprint density at radius 3 is 2.09 bits per heavy atom. The molecule has 5 aromatic rings. The van der Waals surface area contributed by atoms with Crippen molar-refractivity contribution in [1.82, 2.24) is 40.4 Å². The highest BCUT2D eigenvalue weighted by atomic mass is 16.5. The SMILES string of the molecule is CCC(C)C(NC(=O)O)C(=O)N1C[C@@H](COC)C[C@H]1c1ncc(-c2ccc3c(c2)COc2cc4c(ccc5[nH]c([C@@H]6C[C@H](COC)CN6C(=O)C(NC(=O)OC)C(C)CC)nc54)cc2-3)[nH]1. The van der Waals surface area contributed by atoms with Crippen LogP contribution in [0, 0.1) is 23.7 Å². The van der Waals surface area contributed by atoms with Crippen LogP contribution < -0.4 is 15.4 Å². The van der Waals surface area contributed by atoms with Crippen LogP contribution in [0.25, 0.3) is 44.2 Å². The van der Waals surface area contributed by atoms with Gasteiger partial charge >= 0.3 is 12.2 Å². The van der Waals surface area contributed by atoms with Crippen LogP contribution in [-0.4, -0.2) is 119 Å². The van der Waals surface area contributed by atoms with E-state index in [0.29, 0.717) is 70.2 Å². The fraction of sp³-hybridized carbons (Fsp3) is 0.500. The minimum absolute atomic E-state index is 0.0703. The van der Waals surface area contributed by atoms with Crippen molar-refractivity contribution >= 4 is 45.8 Å². The minimum Gasteiger partial charge on any atom is -0.488 e. The lowest BCUT2D eigenvalue weighted by molar-refractivity contribution is -0.136. The van der Waals surface area contributed by atoms with Gasteiger partial charge in [0.15, 0.2) is 0 Å². The quantitative estimate of drug-likeness (QED) is 0.0710. The number of likely N-dealkylation sites (tertiary alicyclic amines) is 2. The summed E-state index contributed by atoms with van der Waals surface area (Å²) in [7, 11) is 4.59. The summed E-state index contributed by atoms with van der Waals surface area (Å²) in [5.74, 6) is 1.45. The molecular formula is C48H60N8O9. The summed E-state index contributed by atoms with van der Waals surface area (Å²) in [5.41, 5.74) is 6.35. The van der Waals surface area contributed by atoms with Gasteiger partial charge in [0.05, 0.1) is 55.3 Å². The Morgan fingerprint density at radius 2 is 1.48 bits per heavy atom. The molecule has 3 aliphatic rings. The summed E-state index contributed by atoms with van der Waals surface area (Å²) in [4.78, 5) is 72.8. The van der Waals surface area contributed by atoms with Crippen molar-refractivity contribution in [3.63, 3.8) is 0 Å².